The molecule has 0 aliphatic carbocycles. The number of morpholine rings is 1. The fourth-order valence-electron chi connectivity index (χ4n) is 3.90. The molecule has 33 heavy (non-hydrogen) atoms. The van der Waals surface area contributed by atoms with E-state index < -0.39 is 23.3 Å². The van der Waals surface area contributed by atoms with Gasteiger partial charge in [0.05, 0.1) is 25.8 Å². The number of carbonyl (C=O) groups excluding carboxylic acids is 2. The number of β-lactam (4-membered cyclic amide) rings is 1. The van der Waals surface area contributed by atoms with Crippen LogP contribution in [-0.4, -0.2) is 95.5 Å². The predicted octanol–water partition coefficient (Wildman–Crippen LogP) is 0.302. The molecule has 0 radical (unpaired) electrons. The van der Waals surface area contributed by atoms with Crippen molar-refractivity contribution < 1.29 is 29.1 Å². The Labute approximate surface area is 195 Å². The lowest BCUT2D eigenvalue weighted by molar-refractivity contribution is -0.150. The van der Waals surface area contributed by atoms with Crippen LogP contribution in [0.15, 0.2) is 46.8 Å². The summed E-state index contributed by atoms with van der Waals surface area (Å²) in [6, 6.07) is 8.48. The summed E-state index contributed by atoms with van der Waals surface area (Å²) in [5.41, 5.74) is 1.13. The maximum absolute atomic E-state index is 12.7. The third-order valence-corrected chi connectivity index (χ3v) is 6.91. The zero-order valence-corrected chi connectivity index (χ0v) is 18.8. The van der Waals surface area contributed by atoms with E-state index in [1.54, 1.807) is 0 Å². The molecule has 10 nitrogen and oxygen atoms in total. The van der Waals surface area contributed by atoms with Crippen molar-refractivity contribution in [1.82, 2.24) is 15.1 Å². The van der Waals surface area contributed by atoms with Gasteiger partial charge in [-0.25, -0.2) is 4.79 Å². The summed E-state index contributed by atoms with van der Waals surface area (Å²) < 4.78 is 5.30. The Balaban J connectivity index is 1.33. The molecular weight excluding hydrogens is 448 g/mol. The highest BCUT2D eigenvalue weighted by Crippen LogP contribution is 2.39. The molecule has 2 amide bonds. The normalized spacial score (nSPS) is 23.3. The van der Waals surface area contributed by atoms with Crippen molar-refractivity contribution in [1.29, 1.82) is 0 Å². The number of thioether (sulfide) groups is 1. The summed E-state index contributed by atoms with van der Waals surface area (Å²) in [6.07, 6.45) is 1.52. The molecule has 2 atom stereocenters. The molecule has 1 aromatic carbocycles. The SMILES string of the molecule is O=C(Cc1ccccc1)N[C@@H]1C(=O)N2C(C(=O)O)=C(/C=N/OCCN3CCOCC3)CS[C@H]12. The second-order valence-corrected chi connectivity index (χ2v) is 8.92. The van der Waals surface area contributed by atoms with Crippen LogP contribution < -0.4 is 5.32 Å². The van der Waals surface area contributed by atoms with Gasteiger partial charge in [-0.2, -0.15) is 0 Å². The van der Waals surface area contributed by atoms with Gasteiger partial charge in [0.1, 0.15) is 23.7 Å². The van der Waals surface area contributed by atoms with Crippen molar-refractivity contribution in [2.24, 2.45) is 5.16 Å². The number of benzene rings is 1. The topological polar surface area (TPSA) is 121 Å². The van der Waals surface area contributed by atoms with Gasteiger partial charge in [-0.3, -0.25) is 19.4 Å². The molecule has 11 heteroatoms. The van der Waals surface area contributed by atoms with Crippen molar-refractivity contribution in [3.63, 3.8) is 0 Å². The van der Waals surface area contributed by atoms with Crippen LogP contribution in [0.3, 0.4) is 0 Å². The molecule has 3 heterocycles. The first kappa shape index (κ1) is 23.3. The molecule has 2 fully saturated rings. The number of carbonyl (C=O) groups is 3. The van der Waals surface area contributed by atoms with E-state index in [-0.39, 0.29) is 18.0 Å². The van der Waals surface area contributed by atoms with Gasteiger partial charge in [0.15, 0.2) is 0 Å². The molecule has 3 aliphatic heterocycles. The van der Waals surface area contributed by atoms with Crippen molar-refractivity contribution >= 4 is 35.8 Å². The Morgan fingerprint density at radius 2 is 2.03 bits per heavy atom. The van der Waals surface area contributed by atoms with Gasteiger partial charge in [-0.1, -0.05) is 35.5 Å². The first-order valence-electron chi connectivity index (χ1n) is 10.7. The molecule has 0 unspecified atom stereocenters. The number of carboxylic acid groups (broad SMARTS) is 1. The Kier molecular flexibility index (Phi) is 7.63. The van der Waals surface area contributed by atoms with Gasteiger partial charge < -0.3 is 20.0 Å². The Morgan fingerprint density at radius 1 is 1.27 bits per heavy atom. The van der Waals surface area contributed by atoms with Gasteiger partial charge in [0, 0.05) is 31.0 Å². The number of carboxylic acids is 1. The van der Waals surface area contributed by atoms with Crippen LogP contribution in [0.1, 0.15) is 5.56 Å². The van der Waals surface area contributed by atoms with Gasteiger partial charge in [-0.15, -0.1) is 11.8 Å². The minimum atomic E-state index is -1.21. The van der Waals surface area contributed by atoms with E-state index in [0.29, 0.717) is 37.7 Å². The number of hydrogen-bond donors (Lipinski definition) is 2. The number of nitrogens with zero attached hydrogens (tertiary/aromatic N) is 3. The summed E-state index contributed by atoms with van der Waals surface area (Å²) in [5.74, 6) is -1.58. The number of fused-ring (bicyclic) bond motifs is 1. The molecular formula is C22H26N4O6S. The summed E-state index contributed by atoms with van der Waals surface area (Å²) in [5, 5.41) is 15.9. The molecule has 2 N–H and O–H groups in total. The quantitative estimate of drug-likeness (QED) is 0.227. The zero-order valence-electron chi connectivity index (χ0n) is 18.0. The second-order valence-electron chi connectivity index (χ2n) is 7.82. The van der Waals surface area contributed by atoms with Crippen LogP contribution in [0, 0.1) is 0 Å². The molecule has 176 valence electrons. The van der Waals surface area contributed by atoms with Crippen molar-refractivity contribution in [3.05, 3.63) is 47.2 Å². The first-order chi connectivity index (χ1) is 16.0. The Morgan fingerprint density at radius 3 is 2.76 bits per heavy atom. The number of amides is 2. The lowest BCUT2D eigenvalue weighted by Gasteiger charge is -2.49. The number of hydrogen-bond acceptors (Lipinski definition) is 8. The van der Waals surface area contributed by atoms with E-state index in [1.165, 1.54) is 22.9 Å². The van der Waals surface area contributed by atoms with Crippen molar-refractivity contribution in [3.8, 4) is 0 Å². The maximum atomic E-state index is 12.7. The smallest absolute Gasteiger partial charge is 0.353 e. The average Bonchev–Trinajstić information content (AvgIpc) is 2.83. The largest absolute Gasteiger partial charge is 0.477 e. The zero-order chi connectivity index (χ0) is 23.2. The molecule has 0 bridgehead atoms. The molecule has 0 saturated carbocycles. The van der Waals surface area contributed by atoms with Crippen LogP contribution in [0.4, 0.5) is 0 Å². The molecule has 0 spiro atoms. The Hall–Kier alpha value is -2.89. The summed E-state index contributed by atoms with van der Waals surface area (Å²) in [4.78, 5) is 45.7. The predicted molar refractivity (Wildman–Crippen MR) is 122 cm³/mol. The van der Waals surface area contributed by atoms with E-state index in [0.717, 1.165) is 18.7 Å². The lowest BCUT2D eigenvalue weighted by Crippen LogP contribution is -2.70. The van der Waals surface area contributed by atoms with Gasteiger partial charge in [0.25, 0.3) is 5.91 Å². The van der Waals surface area contributed by atoms with Crippen LogP contribution in [-0.2, 0) is 30.4 Å². The van der Waals surface area contributed by atoms with E-state index in [1.807, 2.05) is 30.3 Å². The standard InChI is InChI=1S/C22H26N4O6S/c27-17(12-15-4-2-1-3-5-15)24-18-20(28)26-19(22(29)30)16(14-33-21(18)26)13-23-32-11-8-25-6-9-31-10-7-25/h1-5,13,18,21H,6-12,14H2,(H,24,27)(H,29,30)/b23-13+/t18-,21-/m1/s1. The minimum absolute atomic E-state index is 0.113. The highest BCUT2D eigenvalue weighted by atomic mass is 32.2. The van der Waals surface area contributed by atoms with Gasteiger partial charge >= 0.3 is 5.97 Å². The fraction of sp³-hybridized carbons (Fsp3) is 0.455. The molecule has 3 aliphatic rings. The van der Waals surface area contributed by atoms with E-state index in [4.69, 9.17) is 9.57 Å². The lowest BCUT2D eigenvalue weighted by atomic mass is 10.0. The summed E-state index contributed by atoms with van der Waals surface area (Å²) in [6.45, 7) is 4.18. The van der Waals surface area contributed by atoms with E-state index in [2.05, 4.69) is 15.4 Å². The first-order valence-corrected chi connectivity index (χ1v) is 11.8. The van der Waals surface area contributed by atoms with Crippen molar-refractivity contribution in [2.75, 3.05) is 45.2 Å². The number of oxime groups is 1. The fourth-order valence-corrected chi connectivity index (χ4v) is 5.19. The average molecular weight is 475 g/mol. The van der Waals surface area contributed by atoms with Gasteiger partial charge in [-0.05, 0) is 5.56 Å². The van der Waals surface area contributed by atoms with Gasteiger partial charge in [0.2, 0.25) is 5.91 Å². The molecule has 0 aromatic heterocycles. The highest BCUT2D eigenvalue weighted by molar-refractivity contribution is 8.00. The molecule has 4 rings (SSSR count). The number of nitrogens with one attached hydrogen (secondary N) is 1. The van der Waals surface area contributed by atoms with E-state index in [9.17, 15) is 19.5 Å². The van der Waals surface area contributed by atoms with Crippen LogP contribution >= 0.6 is 11.8 Å². The molecule has 2 saturated heterocycles. The van der Waals surface area contributed by atoms with Crippen LogP contribution in [0.2, 0.25) is 0 Å². The summed E-state index contributed by atoms with van der Waals surface area (Å²) >= 11 is 1.39. The Bertz CT molecular complexity index is 947. The highest BCUT2D eigenvalue weighted by Gasteiger charge is 2.54. The number of ether oxygens (including phenoxy) is 1. The molecule has 1 aromatic rings. The second kappa shape index (κ2) is 10.8. The minimum Gasteiger partial charge on any atom is -0.477 e. The summed E-state index contributed by atoms with van der Waals surface area (Å²) in [7, 11) is 0. The monoisotopic (exact) mass is 474 g/mol. The van der Waals surface area contributed by atoms with Crippen molar-refractivity contribution in [2.45, 2.75) is 17.8 Å². The third kappa shape index (κ3) is 5.55. The maximum Gasteiger partial charge on any atom is 0.353 e. The number of aliphatic carboxylic acids is 1. The number of rotatable bonds is 9. The van der Waals surface area contributed by atoms with Crippen LogP contribution in [0.5, 0.6) is 0 Å². The van der Waals surface area contributed by atoms with E-state index >= 15 is 0 Å². The van der Waals surface area contributed by atoms with Crippen LogP contribution in [0.25, 0.3) is 0 Å². The third-order valence-electron chi connectivity index (χ3n) is 5.61.